The van der Waals surface area contributed by atoms with Gasteiger partial charge in [0.1, 0.15) is 0 Å². The summed E-state index contributed by atoms with van der Waals surface area (Å²) >= 11 is 0. The highest BCUT2D eigenvalue weighted by molar-refractivity contribution is 7.90. The van der Waals surface area contributed by atoms with E-state index in [0.717, 1.165) is 4.31 Å². The Kier molecular flexibility index (Phi) is 2.91. The maximum atomic E-state index is 11.6. The third-order valence-corrected chi connectivity index (χ3v) is 4.09. The maximum Gasteiger partial charge on any atom is 0.326 e. The van der Waals surface area contributed by atoms with Gasteiger partial charge in [0.15, 0.2) is 0 Å². The first-order valence-corrected chi connectivity index (χ1v) is 6.64. The molecule has 0 bridgehead atoms. The van der Waals surface area contributed by atoms with Crippen molar-refractivity contribution in [2.45, 2.75) is 0 Å². The van der Waals surface area contributed by atoms with Gasteiger partial charge in [0, 0.05) is 21.1 Å². The first-order chi connectivity index (χ1) is 8.31. The minimum atomic E-state index is -3.54. The molecule has 2 aromatic rings. The summed E-state index contributed by atoms with van der Waals surface area (Å²) in [6.45, 7) is 0. The summed E-state index contributed by atoms with van der Waals surface area (Å²) in [6.07, 6.45) is 0. The van der Waals surface area contributed by atoms with E-state index >= 15 is 0 Å². The molecule has 0 unspecified atom stereocenters. The normalized spacial score (nSPS) is 12.2. The lowest BCUT2D eigenvalue weighted by Crippen LogP contribution is -2.28. The van der Waals surface area contributed by atoms with Crippen molar-refractivity contribution in [1.29, 1.82) is 0 Å². The summed E-state index contributed by atoms with van der Waals surface area (Å²) in [7, 11) is 0.977. The number of nitrogens with zero attached hydrogens (tertiary/aromatic N) is 2. The summed E-state index contributed by atoms with van der Waals surface area (Å²) in [4.78, 5) is 14.0. The molecule has 0 atom stereocenters. The van der Waals surface area contributed by atoms with Crippen LogP contribution < -0.4 is 10.4 Å². The van der Waals surface area contributed by atoms with Crippen molar-refractivity contribution >= 4 is 26.9 Å². The van der Waals surface area contributed by atoms with Crippen molar-refractivity contribution in [2.24, 2.45) is 7.05 Å². The lowest BCUT2D eigenvalue weighted by atomic mass is 10.3. The third-order valence-electron chi connectivity index (χ3n) is 2.63. The molecule has 1 heterocycles. The molecule has 18 heavy (non-hydrogen) atoms. The highest BCUT2D eigenvalue weighted by atomic mass is 32.2. The Labute approximate surface area is 104 Å². The fourth-order valence-corrected chi connectivity index (χ4v) is 2.15. The van der Waals surface area contributed by atoms with E-state index in [4.69, 9.17) is 0 Å². The molecule has 0 aliphatic carbocycles. The van der Waals surface area contributed by atoms with Crippen LogP contribution in [0, 0.1) is 0 Å². The molecule has 1 aromatic heterocycles. The van der Waals surface area contributed by atoms with E-state index in [2.05, 4.69) is 9.71 Å². The monoisotopic (exact) mass is 270 g/mol. The molecule has 0 aliphatic rings. The molecule has 0 amide bonds. The molecule has 1 aromatic carbocycles. The minimum Gasteiger partial charge on any atom is -0.305 e. The zero-order chi connectivity index (χ0) is 13.5. The molecule has 0 saturated heterocycles. The number of nitrogens with one attached hydrogen (secondary N) is 2. The SMILES string of the molecule is CN(C)S(=O)(=O)Nc1ccc2c(c1)[nH]c(=O)n2C. The number of H-pyrrole nitrogens is 1. The molecule has 8 heteroatoms. The van der Waals surface area contributed by atoms with Crippen LogP contribution in [0.2, 0.25) is 0 Å². The van der Waals surface area contributed by atoms with E-state index in [-0.39, 0.29) is 5.69 Å². The molecular weight excluding hydrogens is 256 g/mol. The number of aromatic nitrogens is 2. The van der Waals surface area contributed by atoms with Crippen LogP contribution >= 0.6 is 0 Å². The van der Waals surface area contributed by atoms with Gasteiger partial charge in [-0.15, -0.1) is 0 Å². The number of aryl methyl sites for hydroxylation is 1. The van der Waals surface area contributed by atoms with Crippen LogP contribution in [0.15, 0.2) is 23.0 Å². The smallest absolute Gasteiger partial charge is 0.305 e. The van der Waals surface area contributed by atoms with Gasteiger partial charge in [-0.3, -0.25) is 9.29 Å². The van der Waals surface area contributed by atoms with Crippen molar-refractivity contribution in [2.75, 3.05) is 18.8 Å². The Bertz CT molecular complexity index is 742. The Hall–Kier alpha value is -1.80. The lowest BCUT2D eigenvalue weighted by Gasteiger charge is -2.13. The molecule has 0 fully saturated rings. The Morgan fingerprint density at radius 1 is 1.33 bits per heavy atom. The predicted molar refractivity (Wildman–Crippen MR) is 69.8 cm³/mol. The largest absolute Gasteiger partial charge is 0.326 e. The highest BCUT2D eigenvalue weighted by Gasteiger charge is 2.13. The number of hydrogen-bond acceptors (Lipinski definition) is 3. The maximum absolute atomic E-state index is 11.6. The van der Waals surface area contributed by atoms with Crippen molar-refractivity contribution in [1.82, 2.24) is 13.9 Å². The molecule has 7 nitrogen and oxygen atoms in total. The number of rotatable bonds is 3. The zero-order valence-electron chi connectivity index (χ0n) is 10.3. The van der Waals surface area contributed by atoms with Crippen LogP contribution in [-0.4, -0.2) is 36.4 Å². The topological polar surface area (TPSA) is 87.2 Å². The highest BCUT2D eigenvalue weighted by Crippen LogP contribution is 2.17. The summed E-state index contributed by atoms with van der Waals surface area (Å²) in [5.41, 5.74) is 1.46. The van der Waals surface area contributed by atoms with Gasteiger partial charge >= 0.3 is 15.9 Å². The van der Waals surface area contributed by atoms with E-state index in [1.165, 1.54) is 18.7 Å². The van der Waals surface area contributed by atoms with E-state index < -0.39 is 10.2 Å². The standard InChI is InChI=1S/C10H14N4O3S/c1-13(2)18(16,17)12-7-4-5-9-8(6-7)11-10(15)14(9)3/h4-6,12H,1-3H3,(H,11,15). The molecule has 0 saturated carbocycles. The lowest BCUT2D eigenvalue weighted by molar-refractivity contribution is 0.527. The van der Waals surface area contributed by atoms with E-state index in [1.807, 2.05) is 0 Å². The first-order valence-electron chi connectivity index (χ1n) is 5.20. The third kappa shape index (κ3) is 2.12. The number of benzene rings is 1. The molecular formula is C10H14N4O3S. The average molecular weight is 270 g/mol. The van der Waals surface area contributed by atoms with Crippen molar-refractivity contribution in [3.63, 3.8) is 0 Å². The summed E-state index contributed by atoms with van der Waals surface area (Å²) < 4.78 is 28.2. The second-order valence-electron chi connectivity index (χ2n) is 4.11. The first kappa shape index (κ1) is 12.7. The van der Waals surface area contributed by atoms with Crippen LogP contribution in [0.3, 0.4) is 0 Å². The second kappa shape index (κ2) is 4.14. The van der Waals surface area contributed by atoms with Crippen molar-refractivity contribution < 1.29 is 8.42 Å². The van der Waals surface area contributed by atoms with Gasteiger partial charge in [-0.05, 0) is 18.2 Å². The predicted octanol–water partition coefficient (Wildman–Crippen LogP) is 0.0849. The number of hydrogen-bond donors (Lipinski definition) is 2. The Balaban J connectivity index is 2.46. The Morgan fingerprint density at radius 3 is 2.61 bits per heavy atom. The Morgan fingerprint density at radius 2 is 2.00 bits per heavy atom. The average Bonchev–Trinajstić information content (AvgIpc) is 2.53. The summed E-state index contributed by atoms with van der Waals surface area (Å²) in [5, 5.41) is 0. The van der Waals surface area contributed by atoms with Crippen LogP contribution in [0.5, 0.6) is 0 Å². The van der Waals surface area contributed by atoms with Crippen molar-refractivity contribution in [3.8, 4) is 0 Å². The fraction of sp³-hybridized carbons (Fsp3) is 0.300. The molecule has 2 rings (SSSR count). The van der Waals surface area contributed by atoms with E-state index in [0.29, 0.717) is 16.7 Å². The van der Waals surface area contributed by atoms with Gasteiger partial charge in [0.05, 0.1) is 16.7 Å². The van der Waals surface area contributed by atoms with Gasteiger partial charge in [0.2, 0.25) is 0 Å². The number of aromatic amines is 1. The minimum absolute atomic E-state index is 0.238. The summed E-state index contributed by atoms with van der Waals surface area (Å²) in [5.74, 6) is 0. The fourth-order valence-electron chi connectivity index (χ4n) is 1.54. The molecule has 0 aliphatic heterocycles. The number of fused-ring (bicyclic) bond motifs is 1. The van der Waals surface area contributed by atoms with Crippen LogP contribution in [0.4, 0.5) is 5.69 Å². The van der Waals surface area contributed by atoms with Gasteiger partial charge in [0.25, 0.3) is 0 Å². The van der Waals surface area contributed by atoms with E-state index in [9.17, 15) is 13.2 Å². The number of anilines is 1. The van der Waals surface area contributed by atoms with Gasteiger partial charge in [-0.1, -0.05) is 0 Å². The molecule has 0 radical (unpaired) electrons. The van der Waals surface area contributed by atoms with Gasteiger partial charge < -0.3 is 4.98 Å². The van der Waals surface area contributed by atoms with Crippen molar-refractivity contribution in [3.05, 3.63) is 28.7 Å². The molecule has 0 spiro atoms. The molecule has 2 N–H and O–H groups in total. The van der Waals surface area contributed by atoms with Crippen LogP contribution in [0.1, 0.15) is 0 Å². The second-order valence-corrected chi connectivity index (χ2v) is 6.00. The van der Waals surface area contributed by atoms with Crippen LogP contribution in [0.25, 0.3) is 11.0 Å². The quantitative estimate of drug-likeness (QED) is 0.828. The molecule has 98 valence electrons. The van der Waals surface area contributed by atoms with Gasteiger partial charge in [-0.25, -0.2) is 4.79 Å². The van der Waals surface area contributed by atoms with Gasteiger partial charge in [-0.2, -0.15) is 12.7 Å². The zero-order valence-corrected chi connectivity index (χ0v) is 11.1. The van der Waals surface area contributed by atoms with Crippen LogP contribution in [-0.2, 0) is 17.3 Å². The number of imidazole rings is 1. The summed E-state index contributed by atoms with van der Waals surface area (Å²) in [6, 6.07) is 4.87. The van der Waals surface area contributed by atoms with E-state index in [1.54, 1.807) is 25.2 Å².